The number of hydrogen-bond donors (Lipinski definition) is 1. The molecule has 0 aromatic heterocycles. The van der Waals surface area contributed by atoms with Gasteiger partial charge in [-0.15, -0.1) is 0 Å². The minimum absolute atomic E-state index is 0.0180. The topological polar surface area (TPSA) is 77.5 Å². The van der Waals surface area contributed by atoms with Crippen molar-refractivity contribution in [2.75, 3.05) is 6.61 Å². The van der Waals surface area contributed by atoms with Crippen molar-refractivity contribution >= 4 is 5.97 Å². The maximum absolute atomic E-state index is 12.8. The second kappa shape index (κ2) is 10.3. The Morgan fingerprint density at radius 1 is 0.939 bits per heavy atom. The zero-order valence-corrected chi connectivity index (χ0v) is 18.6. The lowest BCUT2D eigenvalue weighted by Gasteiger charge is -2.41. The molecule has 0 bridgehead atoms. The van der Waals surface area contributed by atoms with Crippen molar-refractivity contribution in [3.8, 4) is 0 Å². The predicted molar refractivity (Wildman–Crippen MR) is 120 cm³/mol. The van der Waals surface area contributed by atoms with E-state index >= 15 is 0 Å². The quantitative estimate of drug-likeness (QED) is 0.663. The zero-order valence-electron chi connectivity index (χ0n) is 18.6. The molecule has 33 heavy (non-hydrogen) atoms. The predicted octanol–water partition coefficient (Wildman–Crippen LogP) is 3.98. The first-order valence-corrected chi connectivity index (χ1v) is 11.9. The molecule has 0 spiro atoms. The van der Waals surface area contributed by atoms with E-state index in [4.69, 9.17) is 19.1 Å². The summed E-state index contributed by atoms with van der Waals surface area (Å²) in [6, 6.07) is 19.1. The minimum atomic E-state index is -0.596. The average Bonchev–Trinajstić information content (AvgIpc) is 3.29. The zero-order chi connectivity index (χ0) is 22.6. The molecular weight excluding hydrogens is 422 g/mol. The molecule has 3 fully saturated rings. The Bertz CT molecular complexity index is 910. The summed E-state index contributed by atoms with van der Waals surface area (Å²) in [6.07, 6.45) is 3.82. The summed E-state index contributed by atoms with van der Waals surface area (Å²) in [7, 11) is 0. The number of aliphatic hydroxyl groups excluding tert-OH is 1. The van der Waals surface area contributed by atoms with Crippen molar-refractivity contribution in [1.29, 1.82) is 0 Å². The van der Waals surface area contributed by atoms with Gasteiger partial charge >= 0.3 is 5.97 Å². The Balaban J connectivity index is 1.31. The van der Waals surface area contributed by atoms with Crippen LogP contribution in [0.1, 0.15) is 60.4 Å². The first-order valence-electron chi connectivity index (χ1n) is 11.9. The van der Waals surface area contributed by atoms with Gasteiger partial charge < -0.3 is 14.6 Å². The number of benzene rings is 2. The van der Waals surface area contributed by atoms with E-state index in [1.807, 2.05) is 24.3 Å². The van der Waals surface area contributed by atoms with E-state index in [2.05, 4.69) is 24.3 Å². The number of hydrogen-bond acceptors (Lipinski definition) is 7. The maximum Gasteiger partial charge on any atom is 0.338 e. The number of carbonyl (C=O) groups is 1. The third kappa shape index (κ3) is 5.13. The maximum atomic E-state index is 12.8. The van der Waals surface area contributed by atoms with Crippen LogP contribution in [0.2, 0.25) is 0 Å². The van der Waals surface area contributed by atoms with E-state index in [0.29, 0.717) is 24.3 Å². The van der Waals surface area contributed by atoms with Crippen LogP contribution in [0.4, 0.5) is 0 Å². The molecule has 2 aliphatic heterocycles. The van der Waals surface area contributed by atoms with Crippen LogP contribution in [0.25, 0.3) is 0 Å². The largest absolute Gasteiger partial charge is 0.457 e. The van der Waals surface area contributed by atoms with Crippen molar-refractivity contribution < 1.29 is 29.0 Å². The molecule has 2 aromatic carbocycles. The number of rotatable bonds is 6. The van der Waals surface area contributed by atoms with Gasteiger partial charge in [0.1, 0.15) is 18.2 Å². The van der Waals surface area contributed by atoms with Gasteiger partial charge in [0.2, 0.25) is 0 Å². The van der Waals surface area contributed by atoms with E-state index in [0.717, 1.165) is 19.3 Å². The molecular formula is C26H31NO6. The highest BCUT2D eigenvalue weighted by atomic mass is 17.0. The smallest absolute Gasteiger partial charge is 0.338 e. The molecule has 6 atom stereocenters. The summed E-state index contributed by atoms with van der Waals surface area (Å²) >= 11 is 0. The summed E-state index contributed by atoms with van der Waals surface area (Å²) in [5.74, 6) is -0.0789. The molecule has 1 saturated carbocycles. The fraction of sp³-hybridized carbons (Fsp3) is 0.500. The number of carbonyl (C=O) groups excluding carboxylic acids is 1. The molecule has 2 saturated heterocycles. The van der Waals surface area contributed by atoms with Gasteiger partial charge in [0.15, 0.2) is 6.29 Å². The SMILES string of the molecule is O=C(O[C@@H]1C[C@H](O[C@H]2CCCC[C@@H]2c2ccccc2)ON2O[C@H](CO)C[C@@H]12)c1ccccc1. The molecule has 0 radical (unpaired) electrons. The summed E-state index contributed by atoms with van der Waals surface area (Å²) in [4.78, 5) is 24.6. The third-order valence-corrected chi connectivity index (χ3v) is 6.83. The average molecular weight is 454 g/mol. The molecule has 0 amide bonds. The van der Waals surface area contributed by atoms with Crippen LogP contribution in [0.5, 0.6) is 0 Å². The molecule has 0 unspecified atom stereocenters. The summed E-state index contributed by atoms with van der Waals surface area (Å²) in [5.41, 5.74) is 1.78. The molecule has 3 aliphatic rings. The van der Waals surface area contributed by atoms with Crippen molar-refractivity contribution in [3.63, 3.8) is 0 Å². The standard InChI is InChI=1S/C26H31NO6/c28-17-20-15-22-24(31-26(29)19-11-5-2-6-12-19)16-25(33-27(22)32-20)30-23-14-8-7-13-21(23)18-9-3-1-4-10-18/h1-6,9-12,20-25,28H,7-8,13-17H2/t20-,21+,22-,23-,24+,25+/m0/s1. The molecule has 1 aliphatic carbocycles. The molecule has 7 nitrogen and oxygen atoms in total. The van der Waals surface area contributed by atoms with Gasteiger partial charge in [-0.2, -0.15) is 0 Å². The monoisotopic (exact) mass is 453 g/mol. The van der Waals surface area contributed by atoms with E-state index < -0.39 is 18.5 Å². The van der Waals surface area contributed by atoms with Crippen LogP contribution in [-0.2, 0) is 19.1 Å². The highest BCUT2D eigenvalue weighted by molar-refractivity contribution is 5.89. The van der Waals surface area contributed by atoms with E-state index in [1.165, 1.54) is 17.2 Å². The number of aliphatic hydroxyl groups is 1. The van der Waals surface area contributed by atoms with Crippen LogP contribution in [0.15, 0.2) is 60.7 Å². The lowest BCUT2D eigenvalue weighted by atomic mass is 9.81. The molecule has 5 rings (SSSR count). The van der Waals surface area contributed by atoms with Gasteiger partial charge in [-0.1, -0.05) is 66.6 Å². The second-order valence-electron chi connectivity index (χ2n) is 9.06. The Hall–Kier alpha value is -2.29. The van der Waals surface area contributed by atoms with E-state index in [1.54, 1.807) is 12.1 Å². The number of fused-ring (bicyclic) bond motifs is 1. The van der Waals surface area contributed by atoms with E-state index in [9.17, 15) is 9.90 Å². The van der Waals surface area contributed by atoms with Crippen LogP contribution >= 0.6 is 0 Å². The fourth-order valence-corrected chi connectivity index (χ4v) is 5.15. The van der Waals surface area contributed by atoms with Gasteiger partial charge in [0.25, 0.3) is 0 Å². The highest BCUT2D eigenvalue weighted by Gasteiger charge is 2.48. The molecule has 2 heterocycles. The second-order valence-corrected chi connectivity index (χ2v) is 9.06. The lowest BCUT2D eigenvalue weighted by molar-refractivity contribution is -0.449. The van der Waals surface area contributed by atoms with Crippen molar-refractivity contribution in [2.45, 2.75) is 75.1 Å². The molecule has 176 valence electrons. The normalized spacial score (nSPS) is 32.3. The van der Waals surface area contributed by atoms with Crippen LogP contribution in [-0.4, -0.2) is 53.6 Å². The summed E-state index contributed by atoms with van der Waals surface area (Å²) in [6.45, 7) is -0.125. The van der Waals surface area contributed by atoms with Crippen molar-refractivity contribution in [3.05, 3.63) is 71.8 Å². The summed E-state index contributed by atoms with van der Waals surface area (Å²) in [5, 5.41) is 11.0. The summed E-state index contributed by atoms with van der Waals surface area (Å²) < 4.78 is 12.4. The van der Waals surface area contributed by atoms with E-state index in [-0.39, 0.29) is 24.7 Å². The van der Waals surface area contributed by atoms with Crippen LogP contribution in [0.3, 0.4) is 0 Å². The van der Waals surface area contributed by atoms with Gasteiger partial charge in [0.05, 0.1) is 18.3 Å². The highest BCUT2D eigenvalue weighted by Crippen LogP contribution is 2.39. The Kier molecular flexibility index (Phi) is 7.04. The fourth-order valence-electron chi connectivity index (χ4n) is 5.15. The Morgan fingerprint density at radius 3 is 2.42 bits per heavy atom. The number of esters is 1. The van der Waals surface area contributed by atoms with Crippen molar-refractivity contribution in [1.82, 2.24) is 5.23 Å². The number of hydroxylamine groups is 2. The van der Waals surface area contributed by atoms with Gasteiger partial charge in [-0.25, -0.2) is 9.63 Å². The minimum Gasteiger partial charge on any atom is -0.457 e. The number of nitrogens with zero attached hydrogens (tertiary/aromatic N) is 1. The number of ether oxygens (including phenoxy) is 2. The molecule has 1 N–H and O–H groups in total. The Morgan fingerprint density at radius 2 is 1.67 bits per heavy atom. The lowest BCUT2D eigenvalue weighted by Crippen LogP contribution is -2.51. The van der Waals surface area contributed by atoms with Crippen LogP contribution in [0, 0.1) is 0 Å². The van der Waals surface area contributed by atoms with Crippen LogP contribution < -0.4 is 0 Å². The van der Waals surface area contributed by atoms with Gasteiger partial charge in [-0.05, 0) is 30.5 Å². The van der Waals surface area contributed by atoms with Crippen molar-refractivity contribution in [2.24, 2.45) is 0 Å². The molecule has 7 heteroatoms. The third-order valence-electron chi connectivity index (χ3n) is 6.83. The van der Waals surface area contributed by atoms with Gasteiger partial charge in [0, 0.05) is 18.8 Å². The first-order chi connectivity index (χ1) is 16.2. The Labute approximate surface area is 194 Å². The molecule has 2 aromatic rings. The first kappa shape index (κ1) is 22.5. The van der Waals surface area contributed by atoms with Gasteiger partial charge in [-0.3, -0.25) is 4.84 Å².